The van der Waals surface area contributed by atoms with E-state index >= 15 is 0 Å². The van der Waals surface area contributed by atoms with Crippen LogP contribution < -0.4 is 19.5 Å². The number of ether oxygens (including phenoxy) is 3. The molecule has 3 atom stereocenters. The molecular weight excluding hydrogens is 539 g/mol. The van der Waals surface area contributed by atoms with E-state index in [0.29, 0.717) is 74.8 Å². The first-order valence-corrected chi connectivity index (χ1v) is 15.0. The lowest BCUT2D eigenvalue weighted by Gasteiger charge is -2.29. The molecule has 2 aromatic carbocycles. The SMILES string of the molecule is C.COc1ccc(S(=O)(=O)CCCCCC(=O)N[C@H](CN2CC[C@@H](F)C2)[C@H](O)c2ccc3c(c2)OCCO3)cc1. The van der Waals surface area contributed by atoms with Crippen molar-refractivity contribution in [3.05, 3.63) is 48.0 Å². The Kier molecular flexibility index (Phi) is 11.6. The molecule has 0 radical (unpaired) electrons. The van der Waals surface area contributed by atoms with Crippen LogP contribution in [0, 0.1) is 0 Å². The van der Waals surface area contributed by atoms with E-state index < -0.39 is 28.2 Å². The number of aliphatic hydroxyl groups excluding tert-OH is 1. The van der Waals surface area contributed by atoms with Gasteiger partial charge in [0.15, 0.2) is 21.3 Å². The number of nitrogens with zero attached hydrogens (tertiary/aromatic N) is 1. The number of unbranched alkanes of at least 4 members (excludes halogenated alkanes) is 2. The Morgan fingerprint density at radius 3 is 2.52 bits per heavy atom. The van der Waals surface area contributed by atoms with Crippen molar-refractivity contribution < 1.29 is 36.9 Å². The van der Waals surface area contributed by atoms with Gasteiger partial charge in [0.25, 0.3) is 0 Å². The fraction of sp³-hybridized carbons (Fsp3) is 0.552. The van der Waals surface area contributed by atoms with Crippen LogP contribution in [0.1, 0.15) is 51.2 Å². The molecule has 4 rings (SSSR count). The van der Waals surface area contributed by atoms with Crippen molar-refractivity contribution in [1.82, 2.24) is 10.2 Å². The number of aliphatic hydroxyl groups is 1. The third-order valence-corrected chi connectivity index (χ3v) is 8.86. The smallest absolute Gasteiger partial charge is 0.220 e. The van der Waals surface area contributed by atoms with Crippen LogP contribution in [0.3, 0.4) is 0 Å². The molecule has 0 aromatic heterocycles. The molecule has 2 aromatic rings. The number of alkyl halides is 1. The number of benzene rings is 2. The Morgan fingerprint density at radius 1 is 1.12 bits per heavy atom. The summed E-state index contributed by atoms with van der Waals surface area (Å²) in [5, 5.41) is 14.1. The highest BCUT2D eigenvalue weighted by Gasteiger charge is 2.30. The van der Waals surface area contributed by atoms with Crippen molar-refractivity contribution >= 4 is 15.7 Å². The lowest BCUT2D eigenvalue weighted by Crippen LogP contribution is -2.46. The molecule has 1 fully saturated rings. The van der Waals surface area contributed by atoms with Crippen molar-refractivity contribution in [2.24, 2.45) is 0 Å². The predicted octanol–water partition coefficient (Wildman–Crippen LogP) is 3.70. The van der Waals surface area contributed by atoms with Gasteiger partial charge in [0.2, 0.25) is 5.91 Å². The first-order chi connectivity index (χ1) is 18.7. The Morgan fingerprint density at radius 2 is 1.85 bits per heavy atom. The first kappa shape index (κ1) is 31.6. The summed E-state index contributed by atoms with van der Waals surface area (Å²) >= 11 is 0. The Balaban J connectivity index is 0.00000441. The van der Waals surface area contributed by atoms with E-state index in [4.69, 9.17) is 14.2 Å². The minimum absolute atomic E-state index is 0. The largest absolute Gasteiger partial charge is 0.497 e. The highest BCUT2D eigenvalue weighted by atomic mass is 32.2. The molecule has 0 bridgehead atoms. The molecule has 2 aliphatic rings. The Bertz CT molecular complexity index is 1210. The number of methoxy groups -OCH3 is 1. The van der Waals surface area contributed by atoms with Gasteiger partial charge in [-0.05, 0) is 61.2 Å². The number of carbonyl (C=O) groups excluding carboxylic acids is 1. The summed E-state index contributed by atoms with van der Waals surface area (Å²) < 4.78 is 55.2. The molecule has 0 aliphatic carbocycles. The van der Waals surface area contributed by atoms with Crippen LogP contribution in [0.4, 0.5) is 4.39 Å². The molecule has 2 aliphatic heterocycles. The molecule has 1 amide bonds. The van der Waals surface area contributed by atoms with E-state index in [1.165, 1.54) is 19.2 Å². The summed E-state index contributed by atoms with van der Waals surface area (Å²) in [6.45, 7) is 2.01. The number of sulfone groups is 1. The second kappa shape index (κ2) is 14.7. The lowest BCUT2D eigenvalue weighted by atomic mass is 10.0. The third-order valence-electron chi connectivity index (χ3n) is 7.04. The number of likely N-dealkylation sites (tertiary alicyclic amines) is 1. The van der Waals surface area contributed by atoms with Gasteiger partial charge in [-0.15, -0.1) is 0 Å². The molecule has 2 N–H and O–H groups in total. The van der Waals surface area contributed by atoms with Crippen LogP contribution in [0.5, 0.6) is 17.2 Å². The Hall–Kier alpha value is -2.89. The van der Waals surface area contributed by atoms with Gasteiger partial charge in [-0.3, -0.25) is 9.69 Å². The van der Waals surface area contributed by atoms with Crippen LogP contribution in [0.25, 0.3) is 0 Å². The summed E-state index contributed by atoms with van der Waals surface area (Å²) in [5.74, 6) is 1.48. The number of hydrogen-bond donors (Lipinski definition) is 2. The summed E-state index contributed by atoms with van der Waals surface area (Å²) in [6.07, 6.45) is 0.177. The highest BCUT2D eigenvalue weighted by molar-refractivity contribution is 7.91. The topological polar surface area (TPSA) is 114 Å². The number of halogens is 1. The van der Waals surface area contributed by atoms with Crippen molar-refractivity contribution in [1.29, 1.82) is 0 Å². The predicted molar refractivity (Wildman–Crippen MR) is 151 cm³/mol. The maximum atomic E-state index is 13.8. The second-order valence-electron chi connectivity index (χ2n) is 9.97. The minimum Gasteiger partial charge on any atom is -0.497 e. The van der Waals surface area contributed by atoms with Crippen LogP contribution in [0.2, 0.25) is 0 Å². The number of fused-ring (bicyclic) bond motifs is 1. The third kappa shape index (κ3) is 8.55. The van der Waals surface area contributed by atoms with Gasteiger partial charge in [-0.25, -0.2) is 12.8 Å². The number of amides is 1. The van der Waals surface area contributed by atoms with Crippen molar-refractivity contribution in [2.45, 2.75) is 62.7 Å². The normalized spacial score (nSPS) is 18.4. The van der Waals surface area contributed by atoms with E-state index in [-0.39, 0.29) is 36.9 Å². The molecule has 11 heteroatoms. The quantitative estimate of drug-likeness (QED) is 0.345. The van der Waals surface area contributed by atoms with Gasteiger partial charge in [-0.2, -0.15) is 0 Å². The molecule has 2 heterocycles. The van der Waals surface area contributed by atoms with Gasteiger partial charge in [0.05, 0.1) is 23.8 Å². The van der Waals surface area contributed by atoms with Gasteiger partial charge >= 0.3 is 0 Å². The number of rotatable bonds is 13. The molecule has 0 unspecified atom stereocenters. The molecule has 1 saturated heterocycles. The van der Waals surface area contributed by atoms with Gasteiger partial charge in [0.1, 0.15) is 31.2 Å². The van der Waals surface area contributed by atoms with Crippen LogP contribution in [-0.2, 0) is 14.6 Å². The van der Waals surface area contributed by atoms with Crippen molar-refractivity contribution in [2.75, 3.05) is 45.7 Å². The molecule has 0 spiro atoms. The van der Waals surface area contributed by atoms with E-state index in [0.717, 1.165) is 0 Å². The zero-order valence-corrected chi connectivity index (χ0v) is 23.0. The monoisotopic (exact) mass is 580 g/mol. The number of nitrogens with one attached hydrogen (secondary N) is 1. The minimum atomic E-state index is -3.42. The maximum Gasteiger partial charge on any atom is 0.220 e. The van der Waals surface area contributed by atoms with Crippen molar-refractivity contribution in [3.63, 3.8) is 0 Å². The summed E-state index contributed by atoms with van der Waals surface area (Å²) in [4.78, 5) is 15.0. The zero-order chi connectivity index (χ0) is 27.8. The summed E-state index contributed by atoms with van der Waals surface area (Å²) in [7, 11) is -1.90. The van der Waals surface area contributed by atoms with Crippen LogP contribution >= 0.6 is 0 Å². The van der Waals surface area contributed by atoms with E-state index in [1.807, 2.05) is 4.90 Å². The van der Waals surface area contributed by atoms with Gasteiger partial charge < -0.3 is 24.6 Å². The summed E-state index contributed by atoms with van der Waals surface area (Å²) in [6, 6.07) is 10.8. The van der Waals surface area contributed by atoms with E-state index in [1.54, 1.807) is 30.3 Å². The molecule has 222 valence electrons. The molecule has 9 nitrogen and oxygen atoms in total. The van der Waals surface area contributed by atoms with Crippen molar-refractivity contribution in [3.8, 4) is 17.2 Å². The average molecular weight is 581 g/mol. The zero-order valence-electron chi connectivity index (χ0n) is 22.2. The maximum absolute atomic E-state index is 13.8. The average Bonchev–Trinajstić information content (AvgIpc) is 3.36. The van der Waals surface area contributed by atoms with Crippen LogP contribution in [0.15, 0.2) is 47.4 Å². The number of hydrogen-bond acceptors (Lipinski definition) is 8. The fourth-order valence-electron chi connectivity index (χ4n) is 4.86. The molecule has 0 saturated carbocycles. The fourth-order valence-corrected chi connectivity index (χ4v) is 6.23. The molecule has 40 heavy (non-hydrogen) atoms. The number of carbonyl (C=O) groups is 1. The molecular formula is C29H41FN2O7S. The lowest BCUT2D eigenvalue weighted by molar-refractivity contribution is -0.123. The summed E-state index contributed by atoms with van der Waals surface area (Å²) in [5.41, 5.74) is 0.573. The van der Waals surface area contributed by atoms with Gasteiger partial charge in [0, 0.05) is 26.1 Å². The van der Waals surface area contributed by atoms with Crippen LogP contribution in [-0.4, -0.2) is 82.3 Å². The van der Waals surface area contributed by atoms with E-state index in [9.17, 15) is 22.7 Å². The van der Waals surface area contributed by atoms with E-state index in [2.05, 4.69) is 5.32 Å². The Labute approximate surface area is 236 Å². The standard InChI is InChI=1S/C28H37FN2O7S.CH4/c1-36-22-7-9-23(10-8-22)39(34,35)16-4-2-3-5-27(32)30-24(19-31-13-12-21(29)18-31)28(33)20-6-11-25-26(17-20)38-15-14-37-25;/h6-11,17,21,24,28,33H,2-5,12-16,18-19H2,1H3,(H,30,32);1H4/t21-,24-,28-;/m1./s1. The highest BCUT2D eigenvalue weighted by Crippen LogP contribution is 2.33. The second-order valence-corrected chi connectivity index (χ2v) is 12.1. The van der Waals surface area contributed by atoms with Gasteiger partial charge in [-0.1, -0.05) is 19.9 Å². The first-order valence-electron chi connectivity index (χ1n) is 13.4.